The first-order chi connectivity index (χ1) is 15.2. The summed E-state index contributed by atoms with van der Waals surface area (Å²) in [5.41, 5.74) is -1.43. The number of hydrogen-bond donors (Lipinski definition) is 1. The molecule has 0 bridgehead atoms. The van der Waals surface area contributed by atoms with Crippen LogP contribution in [0.1, 0.15) is 73.8 Å². The molecule has 1 aromatic heterocycles. The Bertz CT molecular complexity index is 832. The third-order valence-electron chi connectivity index (χ3n) is 8.43. The molecule has 1 fully saturated rings. The van der Waals surface area contributed by atoms with E-state index in [1.165, 1.54) is 0 Å². The fourth-order valence-electron chi connectivity index (χ4n) is 4.17. The molecule has 6 nitrogen and oxygen atoms in total. The topological polar surface area (TPSA) is 78.1 Å². The van der Waals surface area contributed by atoms with Crippen LogP contribution in [0.5, 0.6) is 0 Å². The number of ether oxygens (including phenoxy) is 1. The van der Waals surface area contributed by atoms with E-state index in [4.69, 9.17) is 18.0 Å². The van der Waals surface area contributed by atoms with E-state index in [2.05, 4.69) is 67.7 Å². The van der Waals surface area contributed by atoms with Gasteiger partial charge in [0, 0.05) is 12.0 Å². The predicted octanol–water partition coefficient (Wildman–Crippen LogP) is 6.61. The van der Waals surface area contributed by atoms with Crippen molar-refractivity contribution < 1.29 is 27.9 Å². The Hall–Kier alpha value is -0.936. The van der Waals surface area contributed by atoms with Gasteiger partial charge < -0.3 is 23.1 Å². The molecular formula is C26H48O6Si2. The summed E-state index contributed by atoms with van der Waals surface area (Å²) in [6.45, 7) is 25.7. The van der Waals surface area contributed by atoms with Crippen LogP contribution < -0.4 is 0 Å². The average Bonchev–Trinajstić information content (AvgIpc) is 3.17. The molecule has 0 aromatic carbocycles. The van der Waals surface area contributed by atoms with Gasteiger partial charge in [-0.05, 0) is 62.6 Å². The minimum atomic E-state index is -2.38. The van der Waals surface area contributed by atoms with Gasteiger partial charge in [0.2, 0.25) is 0 Å². The van der Waals surface area contributed by atoms with Gasteiger partial charge in [-0.1, -0.05) is 41.5 Å². The zero-order valence-electron chi connectivity index (χ0n) is 23.5. The number of furan rings is 1. The van der Waals surface area contributed by atoms with Gasteiger partial charge in [0.1, 0.15) is 5.60 Å². The van der Waals surface area contributed by atoms with Gasteiger partial charge in [-0.25, -0.2) is 0 Å². The van der Waals surface area contributed by atoms with Crippen molar-refractivity contribution in [3.05, 3.63) is 24.2 Å². The molecule has 0 radical (unpaired) electrons. The summed E-state index contributed by atoms with van der Waals surface area (Å²) in [4.78, 5) is 13.4. The molecule has 34 heavy (non-hydrogen) atoms. The summed E-state index contributed by atoms with van der Waals surface area (Å²) in [5, 5.41) is 11.5. The molecular weight excluding hydrogens is 464 g/mol. The van der Waals surface area contributed by atoms with Crippen molar-refractivity contribution in [2.45, 2.75) is 122 Å². The molecule has 0 amide bonds. The summed E-state index contributed by atoms with van der Waals surface area (Å²) >= 11 is 0. The van der Waals surface area contributed by atoms with Crippen molar-refractivity contribution in [3.8, 4) is 0 Å². The molecule has 1 aromatic rings. The van der Waals surface area contributed by atoms with E-state index in [0.29, 0.717) is 6.42 Å². The zero-order chi connectivity index (χ0) is 26.4. The van der Waals surface area contributed by atoms with Gasteiger partial charge in [-0.3, -0.25) is 4.79 Å². The number of hydrogen-bond acceptors (Lipinski definition) is 6. The highest BCUT2D eigenvalue weighted by Gasteiger charge is 2.61. The molecule has 1 aliphatic rings. The lowest BCUT2D eigenvalue weighted by atomic mass is 9.65. The molecule has 1 heterocycles. The van der Waals surface area contributed by atoms with E-state index in [9.17, 15) is 9.90 Å². The number of carbonyl (C=O) groups excluding carboxylic acids is 1. The van der Waals surface area contributed by atoms with Gasteiger partial charge in [0.15, 0.2) is 16.6 Å². The Kier molecular flexibility index (Phi) is 8.19. The maximum absolute atomic E-state index is 13.4. The van der Waals surface area contributed by atoms with E-state index in [0.717, 1.165) is 5.56 Å². The standard InChI is InChI=1S/C26H48O6Si2/c1-13-30-22(27)20-16-25(8,28)21(31-33(9,10)23(2,3)4)17-26(20,19-14-15-29-18-19)32-34(11,12)24(5,6)7/h14-15,18,20-21,28H,13,16-17H2,1-12H3/t20-,21-,25+,26+/m0/s1. The van der Waals surface area contributed by atoms with Crippen LogP contribution in [0.2, 0.25) is 36.3 Å². The van der Waals surface area contributed by atoms with Crippen LogP contribution >= 0.6 is 0 Å². The minimum absolute atomic E-state index is 0.0281. The van der Waals surface area contributed by atoms with Gasteiger partial charge in [-0.15, -0.1) is 0 Å². The van der Waals surface area contributed by atoms with E-state index in [1.807, 2.05) is 6.07 Å². The van der Waals surface area contributed by atoms with Crippen LogP contribution in [0.4, 0.5) is 0 Å². The first kappa shape index (κ1) is 29.3. The van der Waals surface area contributed by atoms with Crippen LogP contribution in [-0.2, 0) is 24.0 Å². The Balaban J connectivity index is 2.71. The quantitative estimate of drug-likeness (QED) is 0.327. The summed E-state index contributed by atoms with van der Waals surface area (Å²) in [7, 11) is -4.61. The monoisotopic (exact) mass is 512 g/mol. The maximum Gasteiger partial charge on any atom is 0.312 e. The highest BCUT2D eigenvalue weighted by Crippen LogP contribution is 2.54. The highest BCUT2D eigenvalue weighted by molar-refractivity contribution is 6.74. The van der Waals surface area contributed by atoms with Crippen LogP contribution in [0.25, 0.3) is 0 Å². The van der Waals surface area contributed by atoms with Gasteiger partial charge >= 0.3 is 5.97 Å². The molecule has 0 saturated heterocycles. The van der Waals surface area contributed by atoms with Crippen LogP contribution in [0.3, 0.4) is 0 Å². The van der Waals surface area contributed by atoms with Gasteiger partial charge in [-0.2, -0.15) is 0 Å². The molecule has 1 aliphatic carbocycles. The fraction of sp³-hybridized carbons (Fsp3) is 0.808. The number of aliphatic hydroxyl groups is 1. The Morgan fingerprint density at radius 1 is 1.09 bits per heavy atom. The molecule has 0 spiro atoms. The molecule has 2 rings (SSSR count). The SMILES string of the molecule is CCOC(=O)[C@@H]1C[C@@](C)(O)[C@@H](O[Si](C)(C)C(C)(C)C)C[C@@]1(O[Si](C)(C)C(C)(C)C)c1ccoc1. The second kappa shape index (κ2) is 9.50. The van der Waals surface area contributed by atoms with Crippen molar-refractivity contribution in [1.82, 2.24) is 0 Å². The van der Waals surface area contributed by atoms with Crippen molar-refractivity contribution in [1.29, 1.82) is 0 Å². The van der Waals surface area contributed by atoms with Crippen molar-refractivity contribution in [3.63, 3.8) is 0 Å². The average molecular weight is 513 g/mol. The second-order valence-electron chi connectivity index (χ2n) is 13.2. The van der Waals surface area contributed by atoms with Gasteiger partial charge in [0.05, 0.1) is 36.8 Å². The van der Waals surface area contributed by atoms with Crippen molar-refractivity contribution in [2.24, 2.45) is 5.92 Å². The highest BCUT2D eigenvalue weighted by atomic mass is 28.4. The lowest BCUT2D eigenvalue weighted by Crippen LogP contribution is -2.64. The fourth-order valence-corrected chi connectivity index (χ4v) is 7.13. The largest absolute Gasteiger partial charge is 0.472 e. The molecule has 4 atom stereocenters. The Labute approximate surface area is 209 Å². The summed E-state index contributed by atoms with van der Waals surface area (Å²) in [6, 6.07) is 1.88. The van der Waals surface area contributed by atoms with Gasteiger partial charge in [0.25, 0.3) is 0 Å². The zero-order valence-corrected chi connectivity index (χ0v) is 25.5. The van der Waals surface area contributed by atoms with Crippen LogP contribution in [-0.4, -0.2) is 46.0 Å². The predicted molar refractivity (Wildman–Crippen MR) is 141 cm³/mol. The van der Waals surface area contributed by atoms with Crippen molar-refractivity contribution in [2.75, 3.05) is 6.61 Å². The lowest BCUT2D eigenvalue weighted by molar-refractivity contribution is -0.192. The number of rotatable bonds is 7. The smallest absolute Gasteiger partial charge is 0.312 e. The van der Waals surface area contributed by atoms with E-state index >= 15 is 0 Å². The van der Waals surface area contributed by atoms with E-state index in [-0.39, 0.29) is 29.1 Å². The molecule has 1 saturated carbocycles. The molecule has 0 unspecified atom stereocenters. The first-order valence-corrected chi connectivity index (χ1v) is 18.3. The maximum atomic E-state index is 13.4. The lowest BCUT2D eigenvalue weighted by Gasteiger charge is -2.56. The molecule has 8 heteroatoms. The summed E-state index contributed by atoms with van der Waals surface area (Å²) in [6.07, 6.45) is 3.32. The van der Waals surface area contributed by atoms with Crippen LogP contribution in [0, 0.1) is 5.92 Å². The normalized spacial score (nSPS) is 29.2. The Morgan fingerprint density at radius 2 is 1.65 bits per heavy atom. The third-order valence-corrected chi connectivity index (χ3v) is 17.4. The van der Waals surface area contributed by atoms with E-state index in [1.54, 1.807) is 26.4 Å². The first-order valence-electron chi connectivity index (χ1n) is 12.5. The summed E-state index contributed by atoms with van der Waals surface area (Å²) < 4.78 is 25.1. The van der Waals surface area contributed by atoms with Crippen LogP contribution in [0.15, 0.2) is 23.0 Å². The molecule has 0 aliphatic heterocycles. The number of carbonyl (C=O) groups is 1. The summed E-state index contributed by atoms with van der Waals surface area (Å²) in [5.74, 6) is -1.04. The minimum Gasteiger partial charge on any atom is -0.472 e. The molecule has 1 N–H and O–H groups in total. The second-order valence-corrected chi connectivity index (χ2v) is 22.7. The molecule has 196 valence electrons. The van der Waals surface area contributed by atoms with E-state index < -0.39 is 39.9 Å². The number of esters is 1. The third kappa shape index (κ3) is 5.72. The Morgan fingerprint density at radius 3 is 2.09 bits per heavy atom. The van der Waals surface area contributed by atoms with Crippen molar-refractivity contribution >= 4 is 22.6 Å².